The van der Waals surface area contributed by atoms with Crippen LogP contribution in [-0.2, 0) is 4.74 Å². The molecule has 0 saturated carbocycles. The fraction of sp³-hybridized carbons (Fsp3) is 0.577. The van der Waals surface area contributed by atoms with Gasteiger partial charge in [0.2, 0.25) is 0 Å². The minimum absolute atomic E-state index is 0.456. The molecule has 0 spiro atoms. The predicted molar refractivity (Wildman–Crippen MR) is 131 cm³/mol. The van der Waals surface area contributed by atoms with Crippen molar-refractivity contribution in [2.24, 2.45) is 5.92 Å². The molecule has 168 valence electrons. The third-order valence-corrected chi connectivity index (χ3v) is 4.71. The van der Waals surface area contributed by atoms with Crippen LogP contribution in [0.5, 0.6) is 0 Å². The first-order valence-electron chi connectivity index (χ1n) is 11.6. The molecule has 2 rings (SSSR count). The zero-order chi connectivity index (χ0) is 22.4. The highest BCUT2D eigenvalue weighted by Gasteiger charge is 2.19. The van der Waals surface area contributed by atoms with Crippen molar-refractivity contribution in [1.82, 2.24) is 14.7 Å². The normalized spacial score (nSPS) is 15.9. The van der Waals surface area contributed by atoms with Gasteiger partial charge in [-0.05, 0) is 38.3 Å². The standard InChI is InChI=1S/C22H33N3O.C4H10/c1-6-8-9-11-20(10-7-2)21-17-19(5)25(23-21)22(16-18(3)4)24-12-14-26-15-13-24;1-3-4-2/h7-11,16-18H,6,12-15H2,1-5H3;3-4H2,1-2H3/b9-8+,10-7-,20-11+,22-16-;. The molecule has 4 nitrogen and oxygen atoms in total. The average molecular weight is 414 g/mol. The number of allylic oxidation sites excluding steroid dienone is 7. The first kappa shape index (κ1) is 26.0. The van der Waals surface area contributed by atoms with Gasteiger partial charge < -0.3 is 9.64 Å². The molecule has 0 atom stereocenters. The Morgan fingerprint density at radius 1 is 1.17 bits per heavy atom. The van der Waals surface area contributed by atoms with Crippen LogP contribution in [0.4, 0.5) is 0 Å². The number of nitrogens with zero attached hydrogens (tertiary/aromatic N) is 3. The Labute approximate surface area is 185 Å². The molecule has 1 aliphatic heterocycles. The summed E-state index contributed by atoms with van der Waals surface area (Å²) in [5.74, 6) is 1.62. The SMILES string of the molecule is CCCC.C\C=C/C(=C\C=C\CC)c1cc(C)n(/C(=C\C(C)C)N2CCOCC2)n1. The van der Waals surface area contributed by atoms with Crippen molar-refractivity contribution in [2.75, 3.05) is 26.3 Å². The maximum Gasteiger partial charge on any atom is 0.126 e. The van der Waals surface area contributed by atoms with E-state index in [1.807, 2.05) is 6.92 Å². The summed E-state index contributed by atoms with van der Waals surface area (Å²) in [6, 6.07) is 2.17. The van der Waals surface area contributed by atoms with E-state index in [9.17, 15) is 0 Å². The van der Waals surface area contributed by atoms with Crippen molar-refractivity contribution >= 4 is 11.4 Å². The lowest BCUT2D eigenvalue weighted by atomic mass is 10.1. The number of morpholine rings is 1. The molecular weight excluding hydrogens is 370 g/mol. The van der Waals surface area contributed by atoms with Gasteiger partial charge in [0.1, 0.15) is 5.82 Å². The van der Waals surface area contributed by atoms with E-state index in [0.717, 1.165) is 55.5 Å². The molecule has 1 aliphatic rings. The molecule has 30 heavy (non-hydrogen) atoms. The van der Waals surface area contributed by atoms with Crippen LogP contribution in [0, 0.1) is 12.8 Å². The number of aromatic nitrogens is 2. The third kappa shape index (κ3) is 8.74. The summed E-state index contributed by atoms with van der Waals surface area (Å²) in [5, 5.41) is 4.95. The number of unbranched alkanes of at least 4 members (excludes halogenated alkanes) is 1. The molecule has 0 aromatic carbocycles. The lowest BCUT2D eigenvalue weighted by molar-refractivity contribution is 0.0609. The number of ether oxygens (including phenoxy) is 1. The Morgan fingerprint density at radius 3 is 2.37 bits per heavy atom. The van der Waals surface area contributed by atoms with Gasteiger partial charge in [-0.1, -0.05) is 77.8 Å². The molecule has 0 N–H and O–H groups in total. The minimum atomic E-state index is 0.456. The molecule has 1 saturated heterocycles. The zero-order valence-corrected chi connectivity index (χ0v) is 20.3. The van der Waals surface area contributed by atoms with Gasteiger partial charge in [0.25, 0.3) is 0 Å². The highest BCUT2D eigenvalue weighted by atomic mass is 16.5. The smallest absolute Gasteiger partial charge is 0.126 e. The second kappa shape index (κ2) is 14.8. The van der Waals surface area contributed by atoms with E-state index in [4.69, 9.17) is 9.84 Å². The van der Waals surface area contributed by atoms with E-state index in [0.29, 0.717) is 5.92 Å². The van der Waals surface area contributed by atoms with Crippen LogP contribution in [0.1, 0.15) is 72.2 Å². The Morgan fingerprint density at radius 2 is 1.83 bits per heavy atom. The van der Waals surface area contributed by atoms with Crippen molar-refractivity contribution in [3.05, 3.63) is 53.9 Å². The first-order valence-corrected chi connectivity index (χ1v) is 11.6. The van der Waals surface area contributed by atoms with E-state index >= 15 is 0 Å². The largest absolute Gasteiger partial charge is 0.378 e. The number of hydrogen-bond donors (Lipinski definition) is 0. The minimum Gasteiger partial charge on any atom is -0.378 e. The van der Waals surface area contributed by atoms with E-state index in [2.05, 4.69) is 93.6 Å². The molecule has 1 aromatic heterocycles. The zero-order valence-electron chi connectivity index (χ0n) is 20.3. The van der Waals surface area contributed by atoms with Crippen molar-refractivity contribution in [3.8, 4) is 0 Å². The van der Waals surface area contributed by atoms with Crippen LogP contribution in [0.3, 0.4) is 0 Å². The van der Waals surface area contributed by atoms with E-state index in [1.54, 1.807) is 0 Å². The average Bonchev–Trinajstić information content (AvgIpc) is 3.13. The van der Waals surface area contributed by atoms with Crippen molar-refractivity contribution < 1.29 is 4.74 Å². The molecular formula is C26H43N3O. The van der Waals surface area contributed by atoms with Gasteiger partial charge in [-0.15, -0.1) is 0 Å². The first-order chi connectivity index (χ1) is 14.5. The number of aryl methyl sites for hydroxylation is 1. The Balaban J connectivity index is 0.00000103. The maximum atomic E-state index is 5.53. The van der Waals surface area contributed by atoms with Gasteiger partial charge in [0.15, 0.2) is 0 Å². The van der Waals surface area contributed by atoms with Gasteiger partial charge >= 0.3 is 0 Å². The van der Waals surface area contributed by atoms with Gasteiger partial charge in [-0.3, -0.25) is 0 Å². The molecule has 0 unspecified atom stereocenters. The fourth-order valence-electron chi connectivity index (χ4n) is 2.96. The van der Waals surface area contributed by atoms with Gasteiger partial charge in [-0.2, -0.15) is 5.10 Å². The Bertz CT molecular complexity index is 715. The summed E-state index contributed by atoms with van der Waals surface area (Å²) in [7, 11) is 0. The third-order valence-electron chi connectivity index (χ3n) is 4.71. The van der Waals surface area contributed by atoms with Crippen LogP contribution < -0.4 is 0 Å². The monoisotopic (exact) mass is 413 g/mol. The molecule has 0 radical (unpaired) electrons. The van der Waals surface area contributed by atoms with Crippen molar-refractivity contribution in [1.29, 1.82) is 0 Å². The van der Waals surface area contributed by atoms with Crippen LogP contribution in [0.15, 0.2) is 42.5 Å². The summed E-state index contributed by atoms with van der Waals surface area (Å²) in [6.07, 6.45) is 16.5. The lowest BCUT2D eigenvalue weighted by Crippen LogP contribution is -2.37. The highest BCUT2D eigenvalue weighted by molar-refractivity contribution is 5.73. The summed E-state index contributed by atoms with van der Waals surface area (Å²) in [4.78, 5) is 2.38. The topological polar surface area (TPSA) is 30.3 Å². The van der Waals surface area contributed by atoms with Crippen LogP contribution in [0.2, 0.25) is 0 Å². The van der Waals surface area contributed by atoms with Crippen molar-refractivity contribution in [3.63, 3.8) is 0 Å². The number of rotatable bonds is 8. The van der Waals surface area contributed by atoms with Crippen LogP contribution >= 0.6 is 0 Å². The highest BCUT2D eigenvalue weighted by Crippen LogP contribution is 2.22. The molecule has 0 aliphatic carbocycles. The van der Waals surface area contributed by atoms with E-state index < -0.39 is 0 Å². The lowest BCUT2D eigenvalue weighted by Gasteiger charge is -2.31. The molecule has 0 bridgehead atoms. The fourth-order valence-corrected chi connectivity index (χ4v) is 2.96. The quantitative estimate of drug-likeness (QED) is 0.444. The second-order valence-corrected chi connectivity index (χ2v) is 7.91. The number of hydrogen-bond acceptors (Lipinski definition) is 3. The second-order valence-electron chi connectivity index (χ2n) is 7.91. The molecule has 0 amide bonds. The summed E-state index contributed by atoms with van der Waals surface area (Å²) in [6.45, 7) is 18.4. The van der Waals surface area contributed by atoms with Gasteiger partial charge in [-0.25, -0.2) is 4.68 Å². The molecule has 1 aromatic rings. The van der Waals surface area contributed by atoms with Crippen LogP contribution in [0.25, 0.3) is 11.4 Å². The van der Waals surface area contributed by atoms with Gasteiger partial charge in [0.05, 0.1) is 18.9 Å². The Kier molecular flexibility index (Phi) is 12.8. The Hall–Kier alpha value is -2.07. The van der Waals surface area contributed by atoms with Crippen LogP contribution in [-0.4, -0.2) is 41.0 Å². The molecule has 4 heteroatoms. The van der Waals surface area contributed by atoms with Gasteiger partial charge in [0, 0.05) is 24.4 Å². The van der Waals surface area contributed by atoms with E-state index in [-0.39, 0.29) is 0 Å². The molecule has 1 fully saturated rings. The summed E-state index contributed by atoms with van der Waals surface area (Å²) < 4.78 is 7.61. The van der Waals surface area contributed by atoms with Crippen molar-refractivity contribution in [2.45, 2.75) is 67.7 Å². The van der Waals surface area contributed by atoms with E-state index in [1.165, 1.54) is 12.8 Å². The summed E-state index contributed by atoms with van der Waals surface area (Å²) >= 11 is 0. The predicted octanol–water partition coefficient (Wildman–Crippen LogP) is 6.71. The maximum absolute atomic E-state index is 5.53. The summed E-state index contributed by atoms with van der Waals surface area (Å²) in [5.41, 5.74) is 3.28. The molecule has 2 heterocycles.